The van der Waals surface area contributed by atoms with E-state index in [0.29, 0.717) is 0 Å². The van der Waals surface area contributed by atoms with Gasteiger partial charge in [0.1, 0.15) is 0 Å². The Morgan fingerprint density at radius 3 is 2.67 bits per heavy atom. The number of benzene rings is 1. The fraction of sp³-hybridized carbons (Fsp3) is 0.429. The van der Waals surface area contributed by atoms with Gasteiger partial charge in [0.15, 0.2) is 0 Å². The second-order valence-electron chi connectivity index (χ2n) is 4.48. The zero-order chi connectivity index (χ0) is 12.8. The fourth-order valence-electron chi connectivity index (χ4n) is 2.06. The van der Waals surface area contributed by atoms with Crippen molar-refractivity contribution in [2.24, 2.45) is 7.05 Å². The maximum Gasteiger partial charge on any atom is 0.0756 e. The highest BCUT2D eigenvalue weighted by Gasteiger charge is 2.15. The van der Waals surface area contributed by atoms with Crippen LogP contribution in [0.2, 0.25) is 0 Å². The van der Waals surface area contributed by atoms with Gasteiger partial charge in [-0.25, -0.2) is 0 Å². The van der Waals surface area contributed by atoms with Crippen LogP contribution in [-0.2, 0) is 13.5 Å². The van der Waals surface area contributed by atoms with E-state index in [9.17, 15) is 0 Å². The van der Waals surface area contributed by atoms with Gasteiger partial charge in [-0.3, -0.25) is 4.68 Å². The second kappa shape index (κ2) is 6.31. The minimum absolute atomic E-state index is 0.271. The summed E-state index contributed by atoms with van der Waals surface area (Å²) in [5.41, 5.74) is 2.46. The number of aromatic nitrogens is 3. The van der Waals surface area contributed by atoms with Gasteiger partial charge in [-0.2, -0.15) is 0 Å². The van der Waals surface area contributed by atoms with Gasteiger partial charge in [0.2, 0.25) is 0 Å². The third kappa shape index (κ3) is 3.17. The smallest absolute Gasteiger partial charge is 0.0756 e. The van der Waals surface area contributed by atoms with Gasteiger partial charge in [0.05, 0.1) is 17.9 Å². The van der Waals surface area contributed by atoms with E-state index in [4.69, 9.17) is 0 Å². The topological polar surface area (TPSA) is 42.7 Å². The number of rotatable bonds is 6. The zero-order valence-electron chi connectivity index (χ0n) is 11.0. The van der Waals surface area contributed by atoms with Gasteiger partial charge < -0.3 is 5.32 Å². The lowest BCUT2D eigenvalue weighted by Crippen LogP contribution is -2.26. The number of hydrogen-bond donors (Lipinski definition) is 1. The molecule has 1 atom stereocenters. The standard InChI is InChI=1S/C14H20N4/c1-3-9-15-13(14-11-16-17-18(14)2)10-12-7-5-4-6-8-12/h4-8,11,13,15H,3,9-10H2,1-2H3. The maximum absolute atomic E-state index is 4.01. The molecule has 1 heterocycles. The summed E-state index contributed by atoms with van der Waals surface area (Å²) in [5, 5.41) is 11.5. The quantitative estimate of drug-likeness (QED) is 0.846. The van der Waals surface area contributed by atoms with Crippen molar-refractivity contribution in [3.63, 3.8) is 0 Å². The maximum atomic E-state index is 4.01. The Bertz CT molecular complexity index is 464. The molecule has 0 saturated carbocycles. The fourth-order valence-corrected chi connectivity index (χ4v) is 2.06. The summed E-state index contributed by atoms with van der Waals surface area (Å²) in [4.78, 5) is 0. The molecule has 4 nitrogen and oxygen atoms in total. The first-order chi connectivity index (χ1) is 8.81. The van der Waals surface area contributed by atoms with E-state index in [-0.39, 0.29) is 6.04 Å². The number of hydrogen-bond acceptors (Lipinski definition) is 3. The average molecular weight is 244 g/mol. The van der Waals surface area contributed by atoms with Crippen LogP contribution in [0.3, 0.4) is 0 Å². The largest absolute Gasteiger partial charge is 0.308 e. The van der Waals surface area contributed by atoms with Gasteiger partial charge >= 0.3 is 0 Å². The molecule has 1 aromatic carbocycles. The Morgan fingerprint density at radius 1 is 1.28 bits per heavy atom. The summed E-state index contributed by atoms with van der Waals surface area (Å²) in [6.07, 6.45) is 3.93. The first kappa shape index (κ1) is 12.8. The molecule has 1 unspecified atom stereocenters. The Labute approximate surface area is 108 Å². The van der Waals surface area contributed by atoms with Crippen LogP contribution in [0.5, 0.6) is 0 Å². The number of nitrogens with one attached hydrogen (secondary N) is 1. The van der Waals surface area contributed by atoms with Crippen LogP contribution in [0.25, 0.3) is 0 Å². The highest BCUT2D eigenvalue weighted by atomic mass is 15.4. The van der Waals surface area contributed by atoms with E-state index in [1.54, 1.807) is 0 Å². The first-order valence-corrected chi connectivity index (χ1v) is 6.43. The van der Waals surface area contributed by atoms with Gasteiger partial charge in [0, 0.05) is 7.05 Å². The molecule has 18 heavy (non-hydrogen) atoms. The number of aryl methyl sites for hydroxylation is 1. The van der Waals surface area contributed by atoms with E-state index in [1.807, 2.05) is 24.0 Å². The Kier molecular flexibility index (Phi) is 4.47. The molecule has 4 heteroatoms. The molecule has 0 radical (unpaired) electrons. The molecule has 2 aromatic rings. The molecule has 1 N–H and O–H groups in total. The minimum Gasteiger partial charge on any atom is -0.308 e. The van der Waals surface area contributed by atoms with E-state index in [1.165, 1.54) is 5.56 Å². The van der Waals surface area contributed by atoms with Crippen molar-refractivity contribution in [2.75, 3.05) is 6.54 Å². The molecule has 0 aliphatic carbocycles. The molecule has 2 rings (SSSR count). The molecular formula is C14H20N4. The Balaban J connectivity index is 2.13. The molecule has 96 valence electrons. The van der Waals surface area contributed by atoms with E-state index in [2.05, 4.69) is 46.8 Å². The third-order valence-electron chi connectivity index (χ3n) is 3.03. The normalized spacial score (nSPS) is 12.6. The summed E-state index contributed by atoms with van der Waals surface area (Å²) in [5.74, 6) is 0. The van der Waals surface area contributed by atoms with Crippen LogP contribution in [0, 0.1) is 0 Å². The molecule has 1 aromatic heterocycles. The van der Waals surface area contributed by atoms with Gasteiger partial charge in [-0.1, -0.05) is 42.5 Å². The van der Waals surface area contributed by atoms with Crippen molar-refractivity contribution in [1.82, 2.24) is 20.3 Å². The van der Waals surface area contributed by atoms with E-state index < -0.39 is 0 Å². The Morgan fingerprint density at radius 2 is 2.06 bits per heavy atom. The van der Waals surface area contributed by atoms with Gasteiger partial charge in [0.25, 0.3) is 0 Å². The highest BCUT2D eigenvalue weighted by molar-refractivity contribution is 5.18. The SMILES string of the molecule is CCCNC(Cc1ccccc1)c1cnnn1C. The summed E-state index contributed by atoms with van der Waals surface area (Å²) in [6, 6.07) is 10.8. The molecular weight excluding hydrogens is 224 g/mol. The lowest BCUT2D eigenvalue weighted by Gasteiger charge is -2.18. The van der Waals surface area contributed by atoms with Crippen LogP contribution >= 0.6 is 0 Å². The monoisotopic (exact) mass is 244 g/mol. The molecule has 0 fully saturated rings. The van der Waals surface area contributed by atoms with Crippen LogP contribution < -0.4 is 5.32 Å². The van der Waals surface area contributed by atoms with Crippen LogP contribution in [0.1, 0.15) is 30.6 Å². The molecule has 0 amide bonds. The van der Waals surface area contributed by atoms with Crippen molar-refractivity contribution in [3.8, 4) is 0 Å². The van der Waals surface area contributed by atoms with Crippen molar-refractivity contribution >= 4 is 0 Å². The van der Waals surface area contributed by atoms with Gasteiger partial charge in [-0.15, -0.1) is 5.10 Å². The van der Waals surface area contributed by atoms with E-state index >= 15 is 0 Å². The van der Waals surface area contributed by atoms with Crippen LogP contribution in [0.15, 0.2) is 36.5 Å². The summed E-state index contributed by atoms with van der Waals surface area (Å²) in [6.45, 7) is 3.18. The molecule has 0 aliphatic rings. The molecule has 0 spiro atoms. The minimum atomic E-state index is 0.271. The van der Waals surface area contributed by atoms with Crippen molar-refractivity contribution in [2.45, 2.75) is 25.8 Å². The van der Waals surface area contributed by atoms with Crippen LogP contribution in [-0.4, -0.2) is 21.5 Å². The summed E-state index contributed by atoms with van der Waals surface area (Å²) < 4.78 is 1.84. The third-order valence-corrected chi connectivity index (χ3v) is 3.03. The summed E-state index contributed by atoms with van der Waals surface area (Å²) in [7, 11) is 1.94. The van der Waals surface area contributed by atoms with Crippen molar-refractivity contribution in [1.29, 1.82) is 0 Å². The molecule has 0 aliphatic heterocycles. The predicted octanol–water partition coefficient (Wildman–Crippen LogP) is 2.10. The second-order valence-corrected chi connectivity index (χ2v) is 4.48. The lowest BCUT2D eigenvalue weighted by atomic mass is 10.0. The summed E-state index contributed by atoms with van der Waals surface area (Å²) >= 11 is 0. The van der Waals surface area contributed by atoms with Crippen molar-refractivity contribution < 1.29 is 0 Å². The van der Waals surface area contributed by atoms with Gasteiger partial charge in [-0.05, 0) is 24.9 Å². The van der Waals surface area contributed by atoms with E-state index in [0.717, 1.165) is 25.1 Å². The highest BCUT2D eigenvalue weighted by Crippen LogP contribution is 2.16. The molecule has 0 bridgehead atoms. The average Bonchev–Trinajstić information content (AvgIpc) is 2.82. The van der Waals surface area contributed by atoms with Crippen LogP contribution in [0.4, 0.5) is 0 Å². The lowest BCUT2D eigenvalue weighted by molar-refractivity contribution is 0.492. The number of nitrogens with zero attached hydrogens (tertiary/aromatic N) is 3. The Hall–Kier alpha value is -1.68. The van der Waals surface area contributed by atoms with Crippen molar-refractivity contribution in [3.05, 3.63) is 47.8 Å². The first-order valence-electron chi connectivity index (χ1n) is 6.43. The zero-order valence-corrected chi connectivity index (χ0v) is 11.0. The molecule has 0 saturated heterocycles. The predicted molar refractivity (Wildman–Crippen MR) is 72.2 cm³/mol.